The van der Waals surface area contributed by atoms with Crippen molar-refractivity contribution in [2.75, 3.05) is 19.8 Å². The van der Waals surface area contributed by atoms with Crippen LogP contribution >= 0.6 is 0 Å². The highest BCUT2D eigenvalue weighted by Gasteiger charge is 2.32. The maximum absolute atomic E-state index is 10.7. The van der Waals surface area contributed by atoms with E-state index in [2.05, 4.69) is 70.2 Å². The average Bonchev–Trinajstić information content (AvgIpc) is 2.89. The van der Waals surface area contributed by atoms with Crippen molar-refractivity contribution in [1.82, 2.24) is 0 Å². The van der Waals surface area contributed by atoms with Gasteiger partial charge in [-0.2, -0.15) is 0 Å². The Kier molecular flexibility index (Phi) is 9.66. The fraction of sp³-hybridized carbons (Fsp3) is 0.576. The minimum absolute atomic E-state index is 0.0429. The lowest BCUT2D eigenvalue weighted by Crippen LogP contribution is -2.44. The molecule has 37 heavy (non-hydrogen) atoms. The normalized spacial score (nSPS) is 18.4. The van der Waals surface area contributed by atoms with Crippen molar-refractivity contribution in [3.05, 3.63) is 70.3 Å². The van der Waals surface area contributed by atoms with Crippen LogP contribution in [0.5, 0.6) is 5.75 Å². The second kappa shape index (κ2) is 12.1. The van der Waals surface area contributed by atoms with Crippen molar-refractivity contribution >= 4 is 6.08 Å². The molecular formula is C33H48O4. The minimum atomic E-state index is -0.740. The molecule has 0 bridgehead atoms. The van der Waals surface area contributed by atoms with Crippen LogP contribution in [0, 0.1) is 13.8 Å². The number of hydrogen-bond acceptors (Lipinski definition) is 4. The van der Waals surface area contributed by atoms with E-state index in [9.17, 15) is 5.11 Å². The van der Waals surface area contributed by atoms with Crippen LogP contribution in [0.25, 0.3) is 6.08 Å². The van der Waals surface area contributed by atoms with Gasteiger partial charge in [-0.15, -0.1) is 0 Å². The molecule has 0 aliphatic carbocycles. The highest BCUT2D eigenvalue weighted by atomic mass is 16.6. The minimum Gasteiger partial charge on any atom is -0.491 e. The highest BCUT2D eigenvalue weighted by Crippen LogP contribution is 2.41. The van der Waals surface area contributed by atoms with Gasteiger partial charge in [0.05, 0.1) is 24.4 Å². The summed E-state index contributed by atoms with van der Waals surface area (Å²) in [6.07, 6.45) is 7.42. The molecule has 4 heteroatoms. The fourth-order valence-electron chi connectivity index (χ4n) is 5.24. The van der Waals surface area contributed by atoms with Crippen molar-refractivity contribution in [2.45, 2.75) is 104 Å². The Hall–Kier alpha value is -2.14. The largest absolute Gasteiger partial charge is 0.491 e. The van der Waals surface area contributed by atoms with Crippen LogP contribution in [0.2, 0.25) is 0 Å². The molecule has 0 amide bonds. The Bertz CT molecular complexity index is 1050. The molecule has 1 atom stereocenters. The standard InChI is InChI=1S/C33H48O4/c1-9-32(34,10-2)18-17-26-13-14-27(19-24(26)5)33(11-3,12-4)28-15-16-30(25(6)20-28)35-21-29-22-37-31(7,8)23-36-29/h13-20,29,34H,9-12,21-23H2,1-8H3/b18-17+. The van der Waals surface area contributed by atoms with E-state index < -0.39 is 5.60 Å². The Morgan fingerprint density at radius 1 is 0.946 bits per heavy atom. The third-order valence-electron chi connectivity index (χ3n) is 8.31. The van der Waals surface area contributed by atoms with Gasteiger partial charge in [0.2, 0.25) is 0 Å². The number of ether oxygens (including phenoxy) is 3. The van der Waals surface area contributed by atoms with Crippen LogP contribution in [0.1, 0.15) is 95.0 Å². The van der Waals surface area contributed by atoms with Gasteiger partial charge >= 0.3 is 0 Å². The van der Waals surface area contributed by atoms with E-state index in [4.69, 9.17) is 14.2 Å². The van der Waals surface area contributed by atoms with Crippen molar-refractivity contribution in [1.29, 1.82) is 0 Å². The molecule has 1 heterocycles. The smallest absolute Gasteiger partial charge is 0.122 e. The fourth-order valence-corrected chi connectivity index (χ4v) is 5.24. The molecule has 2 aromatic carbocycles. The molecule has 204 valence electrons. The summed E-state index contributed by atoms with van der Waals surface area (Å²) in [5.74, 6) is 0.897. The Balaban J connectivity index is 1.81. The molecule has 1 unspecified atom stereocenters. The van der Waals surface area contributed by atoms with Crippen LogP contribution in [0.4, 0.5) is 0 Å². The molecule has 3 rings (SSSR count). The van der Waals surface area contributed by atoms with Gasteiger partial charge < -0.3 is 19.3 Å². The molecule has 0 radical (unpaired) electrons. The molecule has 0 aromatic heterocycles. The summed E-state index contributed by atoms with van der Waals surface area (Å²) >= 11 is 0. The van der Waals surface area contributed by atoms with Gasteiger partial charge in [-0.05, 0) is 87.3 Å². The lowest BCUT2D eigenvalue weighted by Gasteiger charge is -2.35. The Morgan fingerprint density at radius 3 is 2.08 bits per heavy atom. The first-order chi connectivity index (χ1) is 17.5. The van der Waals surface area contributed by atoms with Crippen molar-refractivity contribution in [3.8, 4) is 5.75 Å². The predicted octanol–water partition coefficient (Wildman–Crippen LogP) is 7.55. The van der Waals surface area contributed by atoms with E-state index in [0.29, 0.717) is 32.7 Å². The maximum Gasteiger partial charge on any atom is 0.122 e. The average molecular weight is 509 g/mol. The zero-order valence-corrected chi connectivity index (χ0v) is 24.3. The number of rotatable bonds is 11. The van der Waals surface area contributed by atoms with Gasteiger partial charge in [-0.25, -0.2) is 0 Å². The summed E-state index contributed by atoms with van der Waals surface area (Å²) < 4.78 is 18.0. The van der Waals surface area contributed by atoms with Gasteiger partial charge in [0.1, 0.15) is 18.5 Å². The molecule has 1 aliphatic rings. The van der Waals surface area contributed by atoms with E-state index in [-0.39, 0.29) is 17.1 Å². The lowest BCUT2D eigenvalue weighted by molar-refractivity contribution is -0.181. The molecule has 1 aliphatic heterocycles. The van der Waals surface area contributed by atoms with Crippen LogP contribution in [-0.2, 0) is 14.9 Å². The zero-order valence-electron chi connectivity index (χ0n) is 24.3. The van der Waals surface area contributed by atoms with Crippen molar-refractivity contribution in [2.24, 2.45) is 0 Å². The maximum atomic E-state index is 10.7. The molecule has 0 saturated carbocycles. The third-order valence-corrected chi connectivity index (χ3v) is 8.31. The Labute approximate surface area is 225 Å². The Morgan fingerprint density at radius 2 is 1.57 bits per heavy atom. The molecule has 2 aromatic rings. The van der Waals surface area contributed by atoms with E-state index in [1.54, 1.807) is 0 Å². The molecule has 1 fully saturated rings. The molecule has 1 N–H and O–H groups in total. The number of benzene rings is 2. The predicted molar refractivity (Wildman–Crippen MR) is 154 cm³/mol. The van der Waals surface area contributed by atoms with Crippen molar-refractivity contribution in [3.63, 3.8) is 0 Å². The highest BCUT2D eigenvalue weighted by molar-refractivity contribution is 5.57. The summed E-state index contributed by atoms with van der Waals surface area (Å²) in [7, 11) is 0. The SMILES string of the molecule is CCC(O)(/C=C/c1ccc(C(CC)(CC)c2ccc(OCC3COC(C)(C)CO3)c(C)c2)cc1C)CC. The number of aliphatic hydroxyl groups is 1. The summed E-state index contributed by atoms with van der Waals surface area (Å²) in [6, 6.07) is 13.4. The van der Waals surface area contributed by atoms with Crippen LogP contribution < -0.4 is 4.74 Å². The summed E-state index contributed by atoms with van der Waals surface area (Å²) in [6.45, 7) is 18.6. The van der Waals surface area contributed by atoms with Gasteiger partial charge in [0, 0.05) is 5.41 Å². The van der Waals surface area contributed by atoms with Crippen LogP contribution in [0.3, 0.4) is 0 Å². The second-order valence-electron chi connectivity index (χ2n) is 11.3. The van der Waals surface area contributed by atoms with E-state index in [1.807, 2.05) is 33.8 Å². The first kappa shape index (κ1) is 29.4. The zero-order chi connectivity index (χ0) is 27.3. The number of hydrogen-bond donors (Lipinski definition) is 1. The van der Waals surface area contributed by atoms with Crippen LogP contribution in [-0.4, -0.2) is 42.2 Å². The summed E-state index contributed by atoms with van der Waals surface area (Å²) in [5.41, 5.74) is 5.12. The van der Waals surface area contributed by atoms with Gasteiger partial charge in [0.25, 0.3) is 0 Å². The monoisotopic (exact) mass is 508 g/mol. The summed E-state index contributed by atoms with van der Waals surface area (Å²) in [5, 5.41) is 10.7. The topological polar surface area (TPSA) is 47.9 Å². The third kappa shape index (κ3) is 6.85. The van der Waals surface area contributed by atoms with Crippen molar-refractivity contribution < 1.29 is 19.3 Å². The van der Waals surface area contributed by atoms with E-state index in [1.165, 1.54) is 16.7 Å². The van der Waals surface area contributed by atoms with Crippen LogP contribution in [0.15, 0.2) is 42.5 Å². The lowest BCUT2D eigenvalue weighted by atomic mass is 9.70. The molecular weight excluding hydrogens is 460 g/mol. The first-order valence-corrected chi connectivity index (χ1v) is 14.0. The second-order valence-corrected chi connectivity index (χ2v) is 11.3. The van der Waals surface area contributed by atoms with E-state index >= 15 is 0 Å². The quantitative estimate of drug-likeness (QED) is 0.340. The van der Waals surface area contributed by atoms with Gasteiger partial charge in [-0.1, -0.05) is 70.2 Å². The molecule has 0 spiro atoms. The molecule has 4 nitrogen and oxygen atoms in total. The first-order valence-electron chi connectivity index (χ1n) is 14.0. The van der Waals surface area contributed by atoms with Gasteiger partial charge in [-0.3, -0.25) is 0 Å². The van der Waals surface area contributed by atoms with Gasteiger partial charge in [0.15, 0.2) is 0 Å². The molecule has 1 saturated heterocycles. The summed E-state index contributed by atoms with van der Waals surface area (Å²) in [4.78, 5) is 0. The number of aryl methyl sites for hydroxylation is 2. The van der Waals surface area contributed by atoms with E-state index in [0.717, 1.165) is 29.7 Å².